The molecule has 21 heavy (non-hydrogen) atoms. The smallest absolute Gasteiger partial charge is 0.150 e. The predicted octanol–water partition coefficient (Wildman–Crippen LogP) is 2.86. The second-order valence-corrected chi connectivity index (χ2v) is 5.20. The highest BCUT2D eigenvalue weighted by Gasteiger charge is 2.05. The van der Waals surface area contributed by atoms with Crippen LogP contribution in [0.15, 0.2) is 48.8 Å². The average molecular weight is 298 g/mol. The van der Waals surface area contributed by atoms with Gasteiger partial charge in [0, 0.05) is 6.20 Å². The minimum Gasteiger partial charge on any atom is -0.505 e. The molecule has 3 rings (SSSR count). The van der Waals surface area contributed by atoms with Crippen molar-refractivity contribution in [1.29, 1.82) is 0 Å². The summed E-state index contributed by atoms with van der Waals surface area (Å²) in [6.45, 7) is 2.51. The van der Waals surface area contributed by atoms with E-state index in [1.54, 1.807) is 21.4 Å². The molecule has 0 radical (unpaired) electrons. The van der Waals surface area contributed by atoms with Crippen molar-refractivity contribution in [3.05, 3.63) is 64.7 Å². The Morgan fingerprint density at radius 2 is 1.95 bits per heavy atom. The number of nitrogens with zero attached hydrogens (tertiary/aromatic N) is 4. The monoisotopic (exact) mass is 298 g/mol. The molecule has 1 N–H and O–H groups in total. The fourth-order valence-corrected chi connectivity index (χ4v) is 2.21. The van der Waals surface area contributed by atoms with Gasteiger partial charge >= 0.3 is 0 Å². The Hall–Kier alpha value is -2.47. The second kappa shape index (κ2) is 5.49. The number of rotatable bonds is 3. The maximum absolute atomic E-state index is 9.62. The molecule has 0 aliphatic rings. The molecule has 1 aromatic carbocycles. The van der Waals surface area contributed by atoms with E-state index < -0.39 is 0 Å². The van der Waals surface area contributed by atoms with Gasteiger partial charge in [-0.15, -0.1) is 5.10 Å². The lowest BCUT2D eigenvalue weighted by atomic mass is 10.2. The van der Waals surface area contributed by atoms with E-state index in [0.29, 0.717) is 11.2 Å². The summed E-state index contributed by atoms with van der Waals surface area (Å²) in [7, 11) is 0. The number of aromatic hydroxyl groups is 1. The van der Waals surface area contributed by atoms with Gasteiger partial charge in [0.25, 0.3) is 0 Å². The van der Waals surface area contributed by atoms with E-state index in [4.69, 9.17) is 12.2 Å². The lowest BCUT2D eigenvalue weighted by molar-refractivity contribution is 0.464. The van der Waals surface area contributed by atoms with E-state index in [0.717, 1.165) is 11.4 Å². The largest absolute Gasteiger partial charge is 0.505 e. The van der Waals surface area contributed by atoms with Crippen LogP contribution in [0.5, 0.6) is 5.75 Å². The molecule has 0 aliphatic heterocycles. The first-order valence-corrected chi connectivity index (χ1v) is 6.91. The maximum Gasteiger partial charge on any atom is 0.150 e. The second-order valence-electron chi connectivity index (χ2n) is 4.82. The molecule has 0 saturated heterocycles. The summed E-state index contributed by atoms with van der Waals surface area (Å²) in [6.07, 6.45) is 3.67. The van der Waals surface area contributed by atoms with E-state index >= 15 is 0 Å². The molecule has 0 spiro atoms. The molecular weight excluding hydrogens is 284 g/mol. The van der Waals surface area contributed by atoms with E-state index in [9.17, 15) is 5.11 Å². The highest BCUT2D eigenvalue weighted by molar-refractivity contribution is 7.71. The number of aromatic nitrogens is 4. The first-order valence-electron chi connectivity index (χ1n) is 6.50. The first-order chi connectivity index (χ1) is 10.1. The van der Waals surface area contributed by atoms with Gasteiger partial charge in [0.1, 0.15) is 16.1 Å². The number of pyridine rings is 1. The summed E-state index contributed by atoms with van der Waals surface area (Å²) in [5, 5.41) is 17.9. The van der Waals surface area contributed by atoms with Crippen LogP contribution in [0.25, 0.3) is 5.69 Å². The Morgan fingerprint density at radius 3 is 2.71 bits per heavy atom. The first kappa shape index (κ1) is 13.5. The van der Waals surface area contributed by atoms with Crippen LogP contribution in [0.4, 0.5) is 0 Å². The zero-order valence-corrected chi connectivity index (χ0v) is 12.3. The molecule has 0 amide bonds. The molecular formula is C15H14N4OS. The van der Waals surface area contributed by atoms with E-state index in [1.807, 2.05) is 43.6 Å². The van der Waals surface area contributed by atoms with Gasteiger partial charge in [0.05, 0.1) is 18.4 Å². The molecule has 0 bridgehead atoms. The molecule has 0 aliphatic carbocycles. The summed E-state index contributed by atoms with van der Waals surface area (Å²) in [4.78, 5) is 0. The minimum atomic E-state index is 0.0958. The molecule has 106 valence electrons. The van der Waals surface area contributed by atoms with Gasteiger partial charge in [-0.3, -0.25) is 0 Å². The highest BCUT2D eigenvalue weighted by atomic mass is 32.1. The van der Waals surface area contributed by atoms with Gasteiger partial charge in [-0.25, -0.2) is 4.68 Å². The summed E-state index contributed by atoms with van der Waals surface area (Å²) in [5.41, 5.74) is 2.93. The zero-order valence-electron chi connectivity index (χ0n) is 11.5. The van der Waals surface area contributed by atoms with E-state index in [1.165, 1.54) is 5.56 Å². The third kappa shape index (κ3) is 2.85. The summed E-state index contributed by atoms with van der Waals surface area (Å²) in [6, 6.07) is 11.4. The van der Waals surface area contributed by atoms with Crippen LogP contribution in [0.2, 0.25) is 0 Å². The summed E-state index contributed by atoms with van der Waals surface area (Å²) >= 11 is 5.16. The molecule has 0 saturated carbocycles. The van der Waals surface area contributed by atoms with Gasteiger partial charge < -0.3 is 9.67 Å². The number of hydrogen-bond acceptors (Lipinski definition) is 4. The van der Waals surface area contributed by atoms with Crippen molar-refractivity contribution in [3.8, 4) is 11.4 Å². The third-order valence-electron chi connectivity index (χ3n) is 3.17. The molecule has 2 heterocycles. The fraction of sp³-hybridized carbons (Fsp3) is 0.133. The van der Waals surface area contributed by atoms with Crippen LogP contribution in [-0.2, 0) is 6.54 Å². The minimum absolute atomic E-state index is 0.0958. The lowest BCUT2D eigenvalue weighted by Crippen LogP contribution is -2.01. The molecule has 2 aromatic heterocycles. The summed E-state index contributed by atoms with van der Waals surface area (Å²) < 4.78 is 3.87. The number of aryl methyl sites for hydroxylation is 1. The molecule has 5 nitrogen and oxygen atoms in total. The molecule has 6 heteroatoms. The van der Waals surface area contributed by atoms with Crippen LogP contribution >= 0.6 is 12.2 Å². The Morgan fingerprint density at radius 1 is 1.19 bits per heavy atom. The van der Waals surface area contributed by atoms with Crippen molar-refractivity contribution in [2.24, 2.45) is 0 Å². The van der Waals surface area contributed by atoms with Crippen molar-refractivity contribution in [2.45, 2.75) is 13.5 Å². The summed E-state index contributed by atoms with van der Waals surface area (Å²) in [5.74, 6) is 0.0958. The third-order valence-corrected chi connectivity index (χ3v) is 3.62. The molecule has 3 aromatic rings. The van der Waals surface area contributed by atoms with Gasteiger partial charge in [0.2, 0.25) is 0 Å². The van der Waals surface area contributed by atoms with Crippen LogP contribution in [0, 0.1) is 11.6 Å². The van der Waals surface area contributed by atoms with Crippen molar-refractivity contribution in [3.63, 3.8) is 0 Å². The highest BCUT2D eigenvalue weighted by Crippen LogP contribution is 2.13. The van der Waals surface area contributed by atoms with E-state index in [-0.39, 0.29) is 5.75 Å². The Kier molecular flexibility index (Phi) is 3.53. The van der Waals surface area contributed by atoms with Crippen molar-refractivity contribution in [2.75, 3.05) is 0 Å². The van der Waals surface area contributed by atoms with Gasteiger partial charge in [0.15, 0.2) is 0 Å². The topological polar surface area (TPSA) is 55.9 Å². The Bertz CT molecular complexity index is 820. The quantitative estimate of drug-likeness (QED) is 0.755. The van der Waals surface area contributed by atoms with Crippen LogP contribution < -0.4 is 0 Å². The average Bonchev–Trinajstić information content (AvgIpc) is 2.93. The lowest BCUT2D eigenvalue weighted by Gasteiger charge is -2.04. The van der Waals surface area contributed by atoms with Gasteiger partial charge in [-0.1, -0.05) is 35.1 Å². The Balaban J connectivity index is 1.87. The van der Waals surface area contributed by atoms with Gasteiger partial charge in [-0.2, -0.15) is 0 Å². The molecule has 0 fully saturated rings. The van der Waals surface area contributed by atoms with Gasteiger partial charge in [-0.05, 0) is 31.2 Å². The SMILES string of the molecule is Cc1ccc(-n2cc(Cn3cccc(O)c3=S)nn2)cc1. The van der Waals surface area contributed by atoms with Crippen LogP contribution in [-0.4, -0.2) is 24.7 Å². The molecule has 0 atom stereocenters. The van der Waals surface area contributed by atoms with Crippen LogP contribution in [0.1, 0.15) is 11.3 Å². The Labute approximate surface area is 127 Å². The maximum atomic E-state index is 9.62. The normalized spacial score (nSPS) is 10.7. The van der Waals surface area contributed by atoms with Crippen LogP contribution in [0.3, 0.4) is 0 Å². The molecule has 0 unspecified atom stereocenters. The zero-order chi connectivity index (χ0) is 14.8. The number of benzene rings is 1. The number of hydrogen-bond donors (Lipinski definition) is 1. The van der Waals surface area contributed by atoms with E-state index in [2.05, 4.69) is 10.3 Å². The fourth-order valence-electron chi connectivity index (χ4n) is 2.02. The van der Waals surface area contributed by atoms with Crippen molar-refractivity contribution in [1.82, 2.24) is 19.6 Å². The van der Waals surface area contributed by atoms with Crippen molar-refractivity contribution >= 4 is 12.2 Å². The van der Waals surface area contributed by atoms with Crippen molar-refractivity contribution < 1.29 is 5.11 Å². The standard InChI is InChI=1S/C15H14N4OS/c1-11-4-6-13(7-5-11)19-10-12(16-17-19)9-18-8-2-3-14(20)15(18)21/h2-8,10,20H,9H2,1H3. The predicted molar refractivity (Wildman–Crippen MR) is 82.1 cm³/mol.